The molecule has 0 amide bonds. The van der Waals surface area contributed by atoms with Gasteiger partial charge in [0.1, 0.15) is 12.7 Å². The van der Waals surface area contributed by atoms with Gasteiger partial charge in [0.05, 0.1) is 46.8 Å². The third-order valence-corrected chi connectivity index (χ3v) is 6.24. The molecule has 0 N–H and O–H groups in total. The molecule has 0 unspecified atom stereocenters. The summed E-state index contributed by atoms with van der Waals surface area (Å²) in [5, 5.41) is 4.40. The van der Waals surface area contributed by atoms with Crippen LogP contribution in [0.2, 0.25) is 0 Å². The molecule has 13 heteroatoms. The number of hydrogen-bond acceptors (Lipinski definition) is 7. The predicted molar refractivity (Wildman–Crippen MR) is 131 cm³/mol. The van der Waals surface area contributed by atoms with Crippen molar-refractivity contribution in [3.63, 3.8) is 0 Å². The Morgan fingerprint density at radius 1 is 0.947 bits per heavy atom. The zero-order valence-corrected chi connectivity index (χ0v) is 19.9. The number of benzene rings is 2. The van der Waals surface area contributed by atoms with Crippen LogP contribution in [-0.2, 0) is 13.2 Å². The van der Waals surface area contributed by atoms with E-state index in [1.807, 2.05) is 6.07 Å². The average Bonchev–Trinajstić information content (AvgIpc) is 3.55. The van der Waals surface area contributed by atoms with E-state index in [9.17, 15) is 18.0 Å². The molecule has 6 rings (SSSR count). The van der Waals surface area contributed by atoms with Crippen molar-refractivity contribution in [2.75, 3.05) is 7.11 Å². The second-order valence-electron chi connectivity index (χ2n) is 8.40. The molecule has 0 spiro atoms. The van der Waals surface area contributed by atoms with Crippen molar-refractivity contribution in [1.82, 2.24) is 38.9 Å². The molecular formula is C25H17F3N8O2. The Labute approximate surface area is 211 Å². The highest BCUT2D eigenvalue weighted by atomic mass is 19.4. The molecule has 0 radical (unpaired) electrons. The first-order valence-corrected chi connectivity index (χ1v) is 11.2. The van der Waals surface area contributed by atoms with E-state index in [-0.39, 0.29) is 17.4 Å². The van der Waals surface area contributed by atoms with Gasteiger partial charge >= 0.3 is 17.9 Å². The lowest BCUT2D eigenvalue weighted by atomic mass is 10.0. The van der Waals surface area contributed by atoms with Crippen LogP contribution in [0, 0.1) is 0 Å². The number of pyridine rings is 1. The van der Waals surface area contributed by atoms with E-state index in [2.05, 4.69) is 25.0 Å². The number of aromatic nitrogens is 8. The molecule has 0 bridgehead atoms. The summed E-state index contributed by atoms with van der Waals surface area (Å²) in [4.78, 5) is 29.9. The van der Waals surface area contributed by atoms with Gasteiger partial charge in [-0.15, -0.1) is 0 Å². The van der Waals surface area contributed by atoms with Crippen molar-refractivity contribution >= 4 is 21.9 Å². The molecule has 0 aliphatic carbocycles. The van der Waals surface area contributed by atoms with Crippen LogP contribution in [0.4, 0.5) is 13.2 Å². The maximum absolute atomic E-state index is 14.1. The second kappa shape index (κ2) is 8.50. The summed E-state index contributed by atoms with van der Waals surface area (Å²) in [6.45, 7) is 0. The van der Waals surface area contributed by atoms with E-state index < -0.39 is 17.4 Å². The molecule has 0 saturated heterocycles. The summed E-state index contributed by atoms with van der Waals surface area (Å²) in [6, 6.07) is 9.26. The molecule has 4 heterocycles. The van der Waals surface area contributed by atoms with Gasteiger partial charge in [0, 0.05) is 30.4 Å². The van der Waals surface area contributed by atoms with Gasteiger partial charge in [0.2, 0.25) is 0 Å². The van der Waals surface area contributed by atoms with Gasteiger partial charge in [-0.3, -0.25) is 14.1 Å². The maximum Gasteiger partial charge on any atom is 0.418 e. The zero-order valence-electron chi connectivity index (χ0n) is 19.9. The van der Waals surface area contributed by atoms with Gasteiger partial charge in [0.25, 0.3) is 0 Å². The normalized spacial score (nSPS) is 11.9. The van der Waals surface area contributed by atoms with Crippen LogP contribution in [0.15, 0.2) is 72.4 Å². The fraction of sp³-hybridized carbons (Fsp3) is 0.120. The van der Waals surface area contributed by atoms with Crippen LogP contribution >= 0.6 is 0 Å². The molecule has 38 heavy (non-hydrogen) atoms. The number of nitrogens with zero attached hydrogens (tertiary/aromatic N) is 8. The monoisotopic (exact) mass is 518 g/mol. The molecular weight excluding hydrogens is 501 g/mol. The molecule has 0 fully saturated rings. The third-order valence-electron chi connectivity index (χ3n) is 6.24. The van der Waals surface area contributed by atoms with Crippen LogP contribution in [0.25, 0.3) is 44.4 Å². The number of ether oxygens (including phenoxy) is 1. The van der Waals surface area contributed by atoms with E-state index >= 15 is 0 Å². The minimum absolute atomic E-state index is 0.0440. The number of alkyl halides is 3. The Hall–Kier alpha value is -5.07. The van der Waals surface area contributed by atoms with Crippen LogP contribution in [0.1, 0.15) is 5.56 Å². The Balaban J connectivity index is 1.62. The van der Waals surface area contributed by atoms with Gasteiger partial charge in [-0.05, 0) is 35.9 Å². The number of halogens is 3. The first kappa shape index (κ1) is 23.3. The SMILES string of the molecule is COc1ncc(-c2ccc3ncc4c(c3c2)n(-c2ccc(-n3cncn3)c(C(F)(F)F)c2)c(=O)n4C)cn1. The van der Waals surface area contributed by atoms with Crippen molar-refractivity contribution in [1.29, 1.82) is 0 Å². The number of hydrogen-bond donors (Lipinski definition) is 0. The number of aryl methyl sites for hydroxylation is 1. The molecule has 4 aromatic heterocycles. The van der Waals surface area contributed by atoms with E-state index in [1.165, 1.54) is 40.9 Å². The summed E-state index contributed by atoms with van der Waals surface area (Å²) < 4.78 is 51.0. The highest BCUT2D eigenvalue weighted by Gasteiger charge is 2.35. The van der Waals surface area contributed by atoms with Crippen molar-refractivity contribution in [3.8, 4) is 28.5 Å². The number of methoxy groups -OCH3 is 1. The van der Waals surface area contributed by atoms with Crippen molar-refractivity contribution < 1.29 is 17.9 Å². The molecule has 0 aliphatic rings. The molecule has 0 aliphatic heterocycles. The topological polar surface area (TPSA) is 106 Å². The quantitative estimate of drug-likeness (QED) is 0.348. The Morgan fingerprint density at radius 3 is 2.42 bits per heavy atom. The first-order valence-electron chi connectivity index (χ1n) is 11.2. The lowest BCUT2D eigenvalue weighted by Crippen LogP contribution is -2.21. The van der Waals surface area contributed by atoms with E-state index in [1.54, 1.807) is 31.6 Å². The van der Waals surface area contributed by atoms with Gasteiger partial charge < -0.3 is 4.74 Å². The fourth-order valence-corrected chi connectivity index (χ4v) is 4.41. The highest BCUT2D eigenvalue weighted by Crippen LogP contribution is 2.36. The summed E-state index contributed by atoms with van der Waals surface area (Å²) >= 11 is 0. The summed E-state index contributed by atoms with van der Waals surface area (Å²) in [5.41, 5.74) is 1.21. The predicted octanol–water partition coefficient (Wildman–Crippen LogP) is 3.94. The molecule has 0 atom stereocenters. The Kier molecular flexibility index (Phi) is 5.22. The van der Waals surface area contributed by atoms with Crippen molar-refractivity contribution in [2.45, 2.75) is 6.18 Å². The Bertz CT molecular complexity index is 1870. The van der Waals surface area contributed by atoms with Gasteiger partial charge in [-0.1, -0.05) is 6.07 Å². The standard InChI is InChI=1S/C25H17F3N8O2/c1-34-21-11-30-19-5-3-14(15-9-31-23(38-2)32-10-15)7-17(19)22(21)36(24(34)37)16-4-6-20(35-13-29-12-33-35)18(8-16)25(26,27)28/h3-13H,1-2H3. The van der Waals surface area contributed by atoms with Crippen molar-refractivity contribution in [2.24, 2.45) is 7.05 Å². The zero-order chi connectivity index (χ0) is 26.6. The van der Waals surface area contributed by atoms with Crippen LogP contribution in [0.5, 0.6) is 6.01 Å². The lowest BCUT2D eigenvalue weighted by Gasteiger charge is -2.15. The lowest BCUT2D eigenvalue weighted by molar-refractivity contribution is -0.137. The van der Waals surface area contributed by atoms with Crippen LogP contribution < -0.4 is 10.4 Å². The van der Waals surface area contributed by atoms with E-state index in [0.29, 0.717) is 27.5 Å². The molecule has 0 saturated carbocycles. The minimum Gasteiger partial charge on any atom is -0.467 e. The number of fused-ring (bicyclic) bond motifs is 3. The van der Waals surface area contributed by atoms with Gasteiger partial charge in [-0.2, -0.15) is 18.3 Å². The first-order chi connectivity index (χ1) is 18.3. The molecule has 6 aromatic rings. The fourth-order valence-electron chi connectivity index (χ4n) is 4.41. The highest BCUT2D eigenvalue weighted by molar-refractivity contribution is 6.04. The smallest absolute Gasteiger partial charge is 0.418 e. The summed E-state index contributed by atoms with van der Waals surface area (Å²) in [7, 11) is 3.01. The largest absolute Gasteiger partial charge is 0.467 e. The Morgan fingerprint density at radius 2 is 1.74 bits per heavy atom. The summed E-state index contributed by atoms with van der Waals surface area (Å²) in [5.74, 6) is 0. The second-order valence-corrected chi connectivity index (χ2v) is 8.40. The van der Waals surface area contributed by atoms with E-state index in [4.69, 9.17) is 4.74 Å². The molecule has 10 nitrogen and oxygen atoms in total. The summed E-state index contributed by atoms with van der Waals surface area (Å²) in [6.07, 6.45) is 2.33. The van der Waals surface area contributed by atoms with Gasteiger partial charge in [0.15, 0.2) is 0 Å². The number of imidazole rings is 1. The van der Waals surface area contributed by atoms with Crippen molar-refractivity contribution in [3.05, 3.63) is 83.7 Å². The maximum atomic E-state index is 14.1. The van der Waals surface area contributed by atoms with E-state index in [0.717, 1.165) is 22.6 Å². The average molecular weight is 518 g/mol. The minimum atomic E-state index is -4.71. The van der Waals surface area contributed by atoms with Crippen LogP contribution in [0.3, 0.4) is 0 Å². The van der Waals surface area contributed by atoms with Gasteiger partial charge in [-0.25, -0.2) is 24.4 Å². The van der Waals surface area contributed by atoms with Crippen LogP contribution in [-0.4, -0.2) is 46.0 Å². The third kappa shape index (κ3) is 3.67. The molecule has 2 aromatic carbocycles. The number of rotatable bonds is 4. The molecule has 190 valence electrons.